The van der Waals surface area contributed by atoms with Crippen LogP contribution in [0.15, 0.2) is 70.8 Å². The number of nitrogens with zero attached hydrogens (tertiary/aromatic N) is 4. The van der Waals surface area contributed by atoms with E-state index in [0.717, 1.165) is 23.8 Å². The summed E-state index contributed by atoms with van der Waals surface area (Å²) in [7, 11) is 0. The standard InChI is InChI=1S/C26H25F2N5O2S.2C2H6/c1-4-21(34)22(14(2)27)23-20(28)11-19-24(32-12-15-8-9-16(13-32)29-15)31-26(35)33(25(19)30-23)17-6-5-7-18(10-17)36-3;2*1-2/h4-7,10-11,15-16,29,34H,1-2,8-9,12-13H2,3H3;2*1-2H3/b22-21-;;. The molecule has 2 saturated heterocycles. The van der Waals surface area contributed by atoms with E-state index in [1.54, 1.807) is 18.2 Å². The SMILES string of the molecule is C=C/C(O)=C(\C(=C)F)c1nc2c(cc1F)c(N1CC3CCC(C1)N3)nc(=O)n2-c1cccc(SC)c1.CC.CC. The van der Waals surface area contributed by atoms with Gasteiger partial charge in [0.05, 0.1) is 16.6 Å². The molecular formula is C30H37F2N5O2S. The molecule has 4 heterocycles. The van der Waals surface area contributed by atoms with E-state index >= 15 is 4.39 Å². The number of aliphatic hydroxyl groups is 1. The highest BCUT2D eigenvalue weighted by atomic mass is 32.2. The first-order chi connectivity index (χ1) is 19.3. The number of benzene rings is 1. The normalized spacial score (nSPS) is 18.2. The van der Waals surface area contributed by atoms with E-state index in [4.69, 9.17) is 0 Å². The van der Waals surface area contributed by atoms with Crippen molar-refractivity contribution in [3.05, 3.63) is 83.1 Å². The van der Waals surface area contributed by atoms with Crippen molar-refractivity contribution in [2.75, 3.05) is 24.2 Å². The molecule has 0 aliphatic carbocycles. The number of fused-ring (bicyclic) bond motifs is 3. The lowest BCUT2D eigenvalue weighted by molar-refractivity contribution is 0.432. The van der Waals surface area contributed by atoms with Crippen LogP contribution in [0.25, 0.3) is 22.3 Å². The fraction of sp³-hybridized carbons (Fsp3) is 0.367. The predicted molar refractivity (Wildman–Crippen MR) is 162 cm³/mol. The number of pyridine rings is 1. The minimum Gasteiger partial charge on any atom is -0.507 e. The lowest BCUT2D eigenvalue weighted by atomic mass is 10.1. The van der Waals surface area contributed by atoms with Crippen LogP contribution in [-0.4, -0.2) is 51.1 Å². The van der Waals surface area contributed by atoms with Crippen LogP contribution in [0.5, 0.6) is 0 Å². The van der Waals surface area contributed by atoms with Crippen LogP contribution in [0, 0.1) is 5.82 Å². The number of thioether (sulfide) groups is 1. The third-order valence-electron chi connectivity index (χ3n) is 6.59. The number of rotatable bonds is 6. The molecule has 2 atom stereocenters. The zero-order valence-electron chi connectivity index (χ0n) is 23.7. The first-order valence-electron chi connectivity index (χ1n) is 13.5. The molecule has 2 fully saturated rings. The summed E-state index contributed by atoms with van der Waals surface area (Å²) in [4.78, 5) is 25.1. The molecule has 2 unspecified atom stereocenters. The topological polar surface area (TPSA) is 83.3 Å². The Morgan fingerprint density at radius 2 is 1.80 bits per heavy atom. The van der Waals surface area contributed by atoms with Crippen molar-refractivity contribution in [1.82, 2.24) is 19.9 Å². The van der Waals surface area contributed by atoms with Crippen LogP contribution in [0.3, 0.4) is 0 Å². The molecule has 2 aliphatic rings. The number of aliphatic hydroxyl groups excluding tert-OH is 1. The Morgan fingerprint density at radius 1 is 1.15 bits per heavy atom. The zero-order chi connectivity index (χ0) is 29.6. The van der Waals surface area contributed by atoms with E-state index in [0.29, 0.717) is 30.0 Å². The van der Waals surface area contributed by atoms with Gasteiger partial charge in [-0.1, -0.05) is 46.9 Å². The smallest absolute Gasteiger partial charge is 0.355 e. The summed E-state index contributed by atoms with van der Waals surface area (Å²) in [5, 5.41) is 14.1. The van der Waals surface area contributed by atoms with Gasteiger partial charge in [0, 0.05) is 30.1 Å². The Labute approximate surface area is 238 Å². The van der Waals surface area contributed by atoms with Gasteiger partial charge in [-0.25, -0.2) is 23.1 Å². The minimum atomic E-state index is -1.08. The third-order valence-corrected chi connectivity index (χ3v) is 7.31. The summed E-state index contributed by atoms with van der Waals surface area (Å²) in [6.07, 6.45) is 4.92. The molecule has 2 aliphatic heterocycles. The second-order valence-corrected chi connectivity index (χ2v) is 9.74. The van der Waals surface area contributed by atoms with Crippen LogP contribution in [0.1, 0.15) is 46.2 Å². The first kappa shape index (κ1) is 31.0. The van der Waals surface area contributed by atoms with Gasteiger partial charge in [0.1, 0.15) is 23.1 Å². The van der Waals surface area contributed by atoms with E-state index in [1.807, 2.05) is 44.9 Å². The Bertz CT molecular complexity index is 1470. The minimum absolute atomic E-state index is 0.0983. The second kappa shape index (κ2) is 13.7. The van der Waals surface area contributed by atoms with Crippen molar-refractivity contribution in [3.8, 4) is 5.69 Å². The number of aromatic nitrogens is 3. The van der Waals surface area contributed by atoms with E-state index in [9.17, 15) is 14.3 Å². The van der Waals surface area contributed by atoms with Crippen LogP contribution >= 0.6 is 11.8 Å². The van der Waals surface area contributed by atoms with E-state index in [-0.39, 0.29) is 17.7 Å². The van der Waals surface area contributed by atoms with Crippen LogP contribution in [0.2, 0.25) is 0 Å². The number of hydrogen-bond donors (Lipinski definition) is 2. The fourth-order valence-corrected chi connectivity index (χ4v) is 5.42. The van der Waals surface area contributed by atoms with Crippen LogP contribution in [0.4, 0.5) is 14.6 Å². The summed E-state index contributed by atoms with van der Waals surface area (Å²) in [5.41, 5.74) is -1.01. The molecule has 5 rings (SSSR count). The van der Waals surface area contributed by atoms with Gasteiger partial charge in [-0.2, -0.15) is 4.98 Å². The van der Waals surface area contributed by atoms with Crippen molar-refractivity contribution in [1.29, 1.82) is 0 Å². The van der Waals surface area contributed by atoms with Crippen molar-refractivity contribution in [2.45, 2.75) is 57.5 Å². The van der Waals surface area contributed by atoms with E-state index in [2.05, 4.69) is 28.4 Å². The monoisotopic (exact) mass is 569 g/mol. The third kappa shape index (κ3) is 6.13. The number of hydrogen-bond acceptors (Lipinski definition) is 7. The van der Waals surface area contributed by atoms with Crippen LogP contribution in [-0.2, 0) is 0 Å². The molecule has 7 nitrogen and oxygen atoms in total. The summed E-state index contributed by atoms with van der Waals surface area (Å²) < 4.78 is 31.1. The molecule has 0 radical (unpaired) electrons. The maximum Gasteiger partial charge on any atom is 0.355 e. The first-order valence-corrected chi connectivity index (χ1v) is 14.7. The van der Waals surface area contributed by atoms with Gasteiger partial charge < -0.3 is 15.3 Å². The number of allylic oxidation sites excluding steroid dienone is 3. The van der Waals surface area contributed by atoms with Gasteiger partial charge in [0.2, 0.25) is 0 Å². The highest BCUT2D eigenvalue weighted by molar-refractivity contribution is 7.98. The zero-order valence-corrected chi connectivity index (χ0v) is 24.5. The lowest BCUT2D eigenvalue weighted by Gasteiger charge is -2.34. The second-order valence-electron chi connectivity index (χ2n) is 8.86. The lowest BCUT2D eigenvalue weighted by Crippen LogP contribution is -2.52. The molecule has 214 valence electrons. The van der Waals surface area contributed by atoms with Gasteiger partial charge in [-0.05, 0) is 49.4 Å². The quantitative estimate of drug-likeness (QED) is 0.197. The Morgan fingerprint density at radius 3 is 2.38 bits per heavy atom. The Balaban J connectivity index is 0.00000106. The van der Waals surface area contributed by atoms with Gasteiger partial charge >= 0.3 is 5.69 Å². The summed E-state index contributed by atoms with van der Waals surface area (Å²) in [6, 6.07) is 8.92. The fourth-order valence-electron chi connectivity index (χ4n) is 4.96. The van der Waals surface area contributed by atoms with Crippen molar-refractivity contribution >= 4 is 34.2 Å². The number of anilines is 1. The average Bonchev–Trinajstić information content (AvgIpc) is 3.32. The predicted octanol–water partition coefficient (Wildman–Crippen LogP) is 6.57. The number of halogens is 2. The molecule has 2 N–H and O–H groups in total. The molecule has 0 spiro atoms. The van der Waals surface area contributed by atoms with Crippen molar-refractivity contribution < 1.29 is 13.9 Å². The van der Waals surface area contributed by atoms with Gasteiger partial charge in [-0.15, -0.1) is 11.8 Å². The summed E-state index contributed by atoms with van der Waals surface area (Å²) in [6.45, 7) is 15.9. The molecule has 2 bridgehead atoms. The highest BCUT2D eigenvalue weighted by Crippen LogP contribution is 2.34. The molecule has 40 heavy (non-hydrogen) atoms. The average molecular weight is 570 g/mol. The Kier molecular flexibility index (Phi) is 10.6. The number of nitrogens with one attached hydrogen (secondary N) is 1. The van der Waals surface area contributed by atoms with Crippen molar-refractivity contribution in [2.24, 2.45) is 0 Å². The molecule has 0 amide bonds. The Hall–Kier alpha value is -3.50. The molecule has 2 aromatic heterocycles. The van der Waals surface area contributed by atoms with E-state index < -0.39 is 34.4 Å². The maximum absolute atomic E-state index is 15.5. The summed E-state index contributed by atoms with van der Waals surface area (Å²) in [5.74, 6) is -2.24. The molecule has 0 saturated carbocycles. The van der Waals surface area contributed by atoms with Gasteiger partial charge in [0.25, 0.3) is 0 Å². The van der Waals surface area contributed by atoms with Gasteiger partial charge in [-0.3, -0.25) is 0 Å². The van der Waals surface area contributed by atoms with E-state index in [1.165, 1.54) is 22.4 Å². The largest absolute Gasteiger partial charge is 0.507 e. The van der Waals surface area contributed by atoms with Gasteiger partial charge in [0.15, 0.2) is 11.5 Å². The molecule has 10 heteroatoms. The molecular weight excluding hydrogens is 532 g/mol. The summed E-state index contributed by atoms with van der Waals surface area (Å²) >= 11 is 1.50. The number of piperazine rings is 1. The highest BCUT2D eigenvalue weighted by Gasteiger charge is 2.34. The molecule has 1 aromatic carbocycles. The van der Waals surface area contributed by atoms with Crippen LogP contribution < -0.4 is 15.9 Å². The van der Waals surface area contributed by atoms with Crippen molar-refractivity contribution in [3.63, 3.8) is 0 Å². The maximum atomic E-state index is 15.5. The molecule has 3 aromatic rings.